The summed E-state index contributed by atoms with van der Waals surface area (Å²) < 4.78 is 81.4. The van der Waals surface area contributed by atoms with Crippen molar-refractivity contribution in [2.24, 2.45) is 0 Å². The summed E-state index contributed by atoms with van der Waals surface area (Å²) in [6.07, 6.45) is 34.5. The lowest BCUT2D eigenvalue weighted by Gasteiger charge is -2.22. The molecule has 2 aliphatic rings. The molecular weight excluding hydrogens is 1590 g/mol. The standard InChI is InChI=1S/C25H23FN4O2.C21H17N3.C19H12F3N3.C19H14FN3.C19H15N3/c1-16-13-17(4-6-21(16)26)24-20(3-2-10-27-24)18-5-7-23-28-14-22(30(23)15-18)25(31)29-19-8-11-32-12-9-19;1-3-16(15-6-7-15)11-18(4-1)21-20(5-2-9-23-21)17-8-10-24-14-22-13-19(24)12-17;20-19(21,22)15-4-1-3-14(9-15)18-17(5-2-7-24-18)13-6-8-25-12-23-11-16(25)10-13;1-13-9-15(4-5-18(13)20)19-17(3-2-7-22-19)14-6-8-23-12-21-11-16(23)10-14;1-14-4-2-5-16(10-14)19-18(6-3-8-21-19)15-7-9-22-13-20-12-17(22)11-15/h2-7,10,13-15,19H,8-9,11-12H2,1H3,(H,29,31);1-5,8-15H,6-7H2;1-12H;2-12H,1H3;2-13H,1H3. The first-order valence-corrected chi connectivity index (χ1v) is 41.2. The Labute approximate surface area is 721 Å². The minimum atomic E-state index is -4.39. The highest BCUT2D eigenvalue weighted by Gasteiger charge is 2.31. The number of nitrogens with one attached hydrogen (secondary N) is 1. The lowest BCUT2D eigenvalue weighted by atomic mass is 9.98. The van der Waals surface area contributed by atoms with Crippen LogP contribution in [0.1, 0.15) is 69.9 Å². The first-order valence-electron chi connectivity index (χ1n) is 41.2. The topological polar surface area (TPSA) is 189 Å². The van der Waals surface area contributed by atoms with Gasteiger partial charge in [0.2, 0.25) is 0 Å². The highest BCUT2D eigenvalue weighted by molar-refractivity contribution is 5.94. The maximum atomic E-state index is 13.8. The van der Waals surface area contributed by atoms with Crippen molar-refractivity contribution in [1.82, 2.24) is 77.2 Å². The number of hydrogen-bond donors (Lipinski definition) is 1. The SMILES string of the molecule is Cc1cc(-c2ncccc2-c2ccc3ncc(C(=O)NC4CCOCC4)n3c2)ccc1F.Cc1cc(-c2ncccc2-c2ccn3cncc3c2)ccc1F.Cc1cccc(-c2ncccc2-c2ccn3cncc3c2)c1.FC(F)(F)c1cccc(-c2ncccc2-c2ccn3cncc3c2)c1.c1cc(-c2ncccc2-c2ccn3cncc3c2)cc(C2CC2)c1. The van der Waals surface area contributed by atoms with Crippen molar-refractivity contribution in [1.29, 1.82) is 0 Å². The van der Waals surface area contributed by atoms with Crippen molar-refractivity contribution in [2.45, 2.75) is 64.6 Å². The second-order valence-electron chi connectivity index (χ2n) is 31.0. The third-order valence-corrected chi connectivity index (χ3v) is 22.4. The molecule has 18 nitrogen and oxygen atoms in total. The summed E-state index contributed by atoms with van der Waals surface area (Å²) >= 11 is 0. The van der Waals surface area contributed by atoms with Gasteiger partial charge in [-0.25, -0.2) is 33.7 Å². The Morgan fingerprint density at radius 2 is 0.770 bits per heavy atom. The molecule has 0 spiro atoms. The molecule has 1 aliphatic heterocycles. The van der Waals surface area contributed by atoms with Gasteiger partial charge in [0, 0.05) is 142 Å². The number of alkyl halides is 3. The molecule has 22 rings (SSSR count). The minimum Gasteiger partial charge on any atom is -0.381 e. The molecule has 1 saturated heterocycles. The van der Waals surface area contributed by atoms with Crippen LogP contribution in [0.25, 0.3) is 140 Å². The lowest BCUT2D eigenvalue weighted by Crippen LogP contribution is -2.39. The average Bonchev–Trinajstić information content (AvgIpc) is 1.53. The average molecular weight is 1670 g/mol. The molecular formula is C103H81F5N16O2. The van der Waals surface area contributed by atoms with Crippen LogP contribution in [-0.4, -0.2) is 97.0 Å². The van der Waals surface area contributed by atoms with Gasteiger partial charge in [-0.15, -0.1) is 0 Å². The first-order chi connectivity index (χ1) is 61.5. The number of amides is 1. The molecule has 126 heavy (non-hydrogen) atoms. The smallest absolute Gasteiger partial charge is 0.381 e. The molecule has 16 heterocycles. The van der Waals surface area contributed by atoms with Gasteiger partial charge in [-0.05, 0) is 243 Å². The molecule has 1 amide bonds. The molecule has 1 saturated carbocycles. The summed E-state index contributed by atoms with van der Waals surface area (Å²) in [5, 5.41) is 3.09. The van der Waals surface area contributed by atoms with Gasteiger partial charge in [-0.1, -0.05) is 84.4 Å². The van der Waals surface area contributed by atoms with Crippen LogP contribution in [0.2, 0.25) is 0 Å². The maximum Gasteiger partial charge on any atom is 0.416 e. The number of rotatable bonds is 13. The highest BCUT2D eigenvalue weighted by Crippen LogP contribution is 2.43. The molecule has 23 heteroatoms. The number of imidazole rings is 5. The van der Waals surface area contributed by atoms with Gasteiger partial charge in [0.25, 0.3) is 5.91 Å². The Hall–Kier alpha value is -15.6. The third kappa shape index (κ3) is 18.2. The third-order valence-electron chi connectivity index (χ3n) is 22.4. The molecule has 0 bridgehead atoms. The van der Waals surface area contributed by atoms with E-state index < -0.39 is 11.7 Å². The van der Waals surface area contributed by atoms with Crippen molar-refractivity contribution in [3.63, 3.8) is 0 Å². The van der Waals surface area contributed by atoms with Crippen LogP contribution >= 0.6 is 0 Å². The van der Waals surface area contributed by atoms with E-state index in [1.165, 1.54) is 53.3 Å². The summed E-state index contributed by atoms with van der Waals surface area (Å²) in [6.45, 7) is 6.93. The monoisotopic (exact) mass is 1670 g/mol. The Balaban J connectivity index is 0.000000107. The number of pyridine rings is 10. The van der Waals surface area contributed by atoms with E-state index in [1.807, 2.05) is 165 Å². The van der Waals surface area contributed by atoms with Gasteiger partial charge < -0.3 is 27.7 Å². The fraction of sp³-hybridized carbons (Fsp3) is 0.117. The zero-order valence-electron chi connectivity index (χ0n) is 68.7. The van der Waals surface area contributed by atoms with Crippen LogP contribution in [0, 0.1) is 32.4 Å². The van der Waals surface area contributed by atoms with Gasteiger partial charge in [0.1, 0.15) is 23.0 Å². The van der Waals surface area contributed by atoms with Crippen LogP contribution < -0.4 is 5.32 Å². The zero-order chi connectivity index (χ0) is 86.2. The fourth-order valence-corrected chi connectivity index (χ4v) is 15.7. The van der Waals surface area contributed by atoms with Gasteiger partial charge in [0.15, 0.2) is 0 Å². The van der Waals surface area contributed by atoms with Gasteiger partial charge in [0.05, 0.1) is 112 Å². The molecule has 0 unspecified atom stereocenters. The number of carbonyl (C=O) groups excluding carboxylic acids is 1. The number of aryl methyl sites for hydroxylation is 3. The molecule has 15 aromatic heterocycles. The van der Waals surface area contributed by atoms with Crippen LogP contribution in [0.15, 0.2) is 349 Å². The number of hydrogen-bond acceptors (Lipinski definition) is 12. The fourth-order valence-electron chi connectivity index (χ4n) is 15.7. The highest BCUT2D eigenvalue weighted by atomic mass is 19.4. The van der Waals surface area contributed by atoms with E-state index in [-0.39, 0.29) is 23.6 Å². The van der Waals surface area contributed by atoms with Crippen LogP contribution in [0.3, 0.4) is 0 Å². The predicted octanol–water partition coefficient (Wildman–Crippen LogP) is 23.3. The van der Waals surface area contributed by atoms with Gasteiger partial charge in [-0.3, -0.25) is 34.1 Å². The number of benzene rings is 5. The summed E-state index contributed by atoms with van der Waals surface area (Å²) in [6, 6.07) is 72.7. The van der Waals surface area contributed by atoms with Crippen molar-refractivity contribution < 1.29 is 31.5 Å². The molecule has 1 aliphatic carbocycles. The van der Waals surface area contributed by atoms with Crippen LogP contribution in [-0.2, 0) is 10.9 Å². The van der Waals surface area contributed by atoms with Crippen LogP contribution in [0.4, 0.5) is 22.0 Å². The minimum absolute atomic E-state index is 0.108. The van der Waals surface area contributed by atoms with Crippen LogP contribution in [0.5, 0.6) is 0 Å². The Morgan fingerprint density at radius 3 is 1.18 bits per heavy atom. The first kappa shape index (κ1) is 81.4. The number of fused-ring (bicyclic) bond motifs is 5. The number of aromatic nitrogens is 15. The number of nitrogens with zero attached hydrogens (tertiary/aromatic N) is 15. The summed E-state index contributed by atoms with van der Waals surface area (Å²) in [4.78, 5) is 56.6. The summed E-state index contributed by atoms with van der Waals surface area (Å²) in [7, 11) is 0. The van der Waals surface area contributed by atoms with Crippen molar-refractivity contribution >= 4 is 33.6 Å². The van der Waals surface area contributed by atoms with E-state index in [0.29, 0.717) is 46.9 Å². The molecule has 20 aromatic rings. The second-order valence-corrected chi connectivity index (χ2v) is 31.0. The van der Waals surface area contributed by atoms with E-state index in [4.69, 9.17) is 9.72 Å². The van der Waals surface area contributed by atoms with Crippen molar-refractivity contribution in [2.75, 3.05) is 13.2 Å². The van der Waals surface area contributed by atoms with E-state index in [0.717, 1.165) is 142 Å². The molecule has 5 aromatic carbocycles. The van der Waals surface area contributed by atoms with E-state index in [2.05, 4.69) is 154 Å². The van der Waals surface area contributed by atoms with E-state index in [9.17, 15) is 26.7 Å². The summed E-state index contributed by atoms with van der Waals surface area (Å²) in [5.41, 5.74) is 27.2. The molecule has 620 valence electrons. The van der Waals surface area contributed by atoms with Gasteiger partial charge in [-0.2, -0.15) is 13.2 Å². The second kappa shape index (κ2) is 36.2. The molecule has 1 N–H and O–H groups in total. The number of carbonyl (C=O) groups is 1. The summed E-state index contributed by atoms with van der Waals surface area (Å²) in [5.74, 6) is 0.153. The maximum absolute atomic E-state index is 13.8. The Bertz CT molecular complexity index is 7340. The normalized spacial score (nSPS) is 12.7. The van der Waals surface area contributed by atoms with E-state index in [1.54, 1.807) is 92.2 Å². The van der Waals surface area contributed by atoms with Crippen molar-refractivity contribution in [3.8, 4) is 112 Å². The molecule has 0 radical (unpaired) electrons. The lowest BCUT2D eigenvalue weighted by molar-refractivity contribution is -0.137. The largest absolute Gasteiger partial charge is 0.416 e. The Kier molecular flexibility index (Phi) is 23.4. The zero-order valence-corrected chi connectivity index (χ0v) is 68.7. The van der Waals surface area contributed by atoms with E-state index >= 15 is 0 Å². The van der Waals surface area contributed by atoms with Gasteiger partial charge >= 0.3 is 6.18 Å². The molecule has 0 atom stereocenters. The number of halogens is 5. The predicted molar refractivity (Wildman–Crippen MR) is 482 cm³/mol. The number of ether oxygens (including phenoxy) is 1. The Morgan fingerprint density at radius 1 is 0.381 bits per heavy atom. The van der Waals surface area contributed by atoms with Crippen molar-refractivity contribution in [3.05, 3.63) is 394 Å². The molecule has 2 fully saturated rings. The quantitative estimate of drug-likeness (QED) is 0.108.